The average Bonchev–Trinajstić information content (AvgIpc) is 2.53. The molecule has 1 heterocycles. The Hall–Kier alpha value is -1.84. The van der Waals surface area contributed by atoms with Gasteiger partial charge in [-0.05, 0) is 60.4 Å². The minimum atomic E-state index is -0.994. The minimum absolute atomic E-state index is 0.0635. The van der Waals surface area contributed by atoms with Gasteiger partial charge in [0.15, 0.2) is 0 Å². The van der Waals surface area contributed by atoms with Gasteiger partial charge in [-0.1, -0.05) is 6.07 Å². The molecule has 2 atom stereocenters. The van der Waals surface area contributed by atoms with Crippen molar-refractivity contribution in [3.8, 4) is 0 Å². The molecule has 1 aliphatic rings. The molecule has 0 unspecified atom stereocenters. The fraction of sp³-hybridized carbons (Fsp3) is 0.438. The maximum Gasteiger partial charge on any atom is 0.404 e. The molecule has 128 valence electrons. The van der Waals surface area contributed by atoms with Crippen molar-refractivity contribution in [1.82, 2.24) is 14.9 Å². The molecule has 0 spiro atoms. The monoisotopic (exact) mass is 442 g/mol. The lowest BCUT2D eigenvalue weighted by atomic mass is 9.91. The number of carboxylic acid groups (broad SMARTS) is 1. The Morgan fingerprint density at radius 2 is 2.12 bits per heavy atom. The predicted molar refractivity (Wildman–Crippen MR) is 101 cm³/mol. The minimum Gasteiger partial charge on any atom is -0.465 e. The molecular formula is C16H19IN4O3. The molecule has 7 nitrogen and oxygen atoms in total. The van der Waals surface area contributed by atoms with Crippen LogP contribution < -0.4 is 16.2 Å². The van der Waals surface area contributed by atoms with Crippen molar-refractivity contribution >= 4 is 45.5 Å². The number of halogens is 1. The number of hydrogen-bond acceptors (Lipinski definition) is 4. The van der Waals surface area contributed by atoms with E-state index in [2.05, 4.69) is 38.2 Å². The number of rotatable bonds is 3. The van der Waals surface area contributed by atoms with Crippen LogP contribution in [0.3, 0.4) is 0 Å². The van der Waals surface area contributed by atoms with Gasteiger partial charge in [-0.2, -0.15) is 0 Å². The number of carbonyl (C=O) groups is 1. The maximum absolute atomic E-state index is 12.5. The molecule has 1 fully saturated rings. The first kappa shape index (κ1) is 17.0. The van der Waals surface area contributed by atoms with Crippen LogP contribution in [-0.4, -0.2) is 32.8 Å². The molecule has 0 saturated heterocycles. The van der Waals surface area contributed by atoms with Crippen LogP contribution >= 0.6 is 22.6 Å². The quantitative estimate of drug-likeness (QED) is 0.635. The highest BCUT2D eigenvalue weighted by atomic mass is 127. The van der Waals surface area contributed by atoms with Crippen molar-refractivity contribution < 1.29 is 9.90 Å². The lowest BCUT2D eigenvalue weighted by Crippen LogP contribution is -2.41. The number of nitrogens with zero attached hydrogens (tertiary/aromatic N) is 2. The van der Waals surface area contributed by atoms with Crippen molar-refractivity contribution in [3.63, 3.8) is 0 Å². The van der Waals surface area contributed by atoms with Gasteiger partial charge in [0.2, 0.25) is 5.95 Å². The summed E-state index contributed by atoms with van der Waals surface area (Å²) in [5.41, 5.74) is 0.608. The van der Waals surface area contributed by atoms with E-state index in [-0.39, 0.29) is 17.6 Å². The molecule has 2 aromatic rings. The normalized spacial score (nSPS) is 20.8. The van der Waals surface area contributed by atoms with Gasteiger partial charge in [-0.3, -0.25) is 9.36 Å². The van der Waals surface area contributed by atoms with E-state index in [4.69, 9.17) is 5.11 Å². The standard InChI is InChI=1S/C16H19IN4O3/c1-21-14(22)11-6-3-7-12(17)13(11)20-15(21)18-9-4-2-5-10(8-9)19-16(23)24/h3,6-7,9-10,19H,2,4-5,8H2,1H3,(H,18,20)(H,23,24)/t9-,10+/m0/s1. The summed E-state index contributed by atoms with van der Waals surface area (Å²) in [6, 6.07) is 5.58. The third-order valence-electron chi connectivity index (χ3n) is 4.39. The SMILES string of the molecule is Cn1c(N[C@H]2CCC[C@@H](NC(=O)O)C2)nc2c(I)cccc2c1=O. The summed E-state index contributed by atoms with van der Waals surface area (Å²) in [6.45, 7) is 0. The first-order valence-corrected chi connectivity index (χ1v) is 8.95. The molecule has 0 bridgehead atoms. The zero-order valence-electron chi connectivity index (χ0n) is 13.3. The lowest BCUT2D eigenvalue weighted by Gasteiger charge is -2.30. The number of anilines is 1. The summed E-state index contributed by atoms with van der Waals surface area (Å²) in [5.74, 6) is 0.526. The van der Waals surface area contributed by atoms with Crippen molar-refractivity contribution in [2.45, 2.75) is 37.8 Å². The molecule has 3 N–H and O–H groups in total. The molecule has 8 heteroatoms. The van der Waals surface area contributed by atoms with E-state index in [9.17, 15) is 9.59 Å². The maximum atomic E-state index is 12.5. The fourth-order valence-corrected chi connectivity index (χ4v) is 3.82. The van der Waals surface area contributed by atoms with E-state index in [0.29, 0.717) is 23.3 Å². The highest BCUT2D eigenvalue weighted by Gasteiger charge is 2.24. The number of nitrogens with one attached hydrogen (secondary N) is 2. The van der Waals surface area contributed by atoms with E-state index < -0.39 is 6.09 Å². The van der Waals surface area contributed by atoms with Gasteiger partial charge in [-0.15, -0.1) is 0 Å². The Kier molecular flexibility index (Phi) is 4.93. The zero-order chi connectivity index (χ0) is 17.3. The largest absolute Gasteiger partial charge is 0.465 e. The van der Waals surface area contributed by atoms with Gasteiger partial charge in [0.25, 0.3) is 5.56 Å². The summed E-state index contributed by atoms with van der Waals surface area (Å²) in [7, 11) is 1.70. The van der Waals surface area contributed by atoms with Crippen LogP contribution in [-0.2, 0) is 7.05 Å². The van der Waals surface area contributed by atoms with Gasteiger partial charge in [0.1, 0.15) is 0 Å². The Balaban J connectivity index is 1.87. The second kappa shape index (κ2) is 6.96. The van der Waals surface area contributed by atoms with Crippen molar-refractivity contribution in [3.05, 3.63) is 32.1 Å². The number of para-hydroxylation sites is 1. The Labute approximate surface area is 152 Å². The molecule has 1 amide bonds. The predicted octanol–water partition coefficient (Wildman–Crippen LogP) is 2.53. The van der Waals surface area contributed by atoms with Crippen LogP contribution in [0.25, 0.3) is 10.9 Å². The number of hydrogen-bond donors (Lipinski definition) is 3. The molecule has 0 aliphatic heterocycles. The first-order chi connectivity index (χ1) is 11.5. The van der Waals surface area contributed by atoms with Crippen molar-refractivity contribution in [1.29, 1.82) is 0 Å². The molecule has 24 heavy (non-hydrogen) atoms. The summed E-state index contributed by atoms with van der Waals surface area (Å²) in [6.07, 6.45) is 2.39. The average molecular weight is 442 g/mol. The molecule has 1 saturated carbocycles. The van der Waals surface area contributed by atoms with E-state index in [1.165, 1.54) is 4.57 Å². The van der Waals surface area contributed by atoms with Crippen LogP contribution in [0.1, 0.15) is 25.7 Å². The molecule has 0 radical (unpaired) electrons. The summed E-state index contributed by atoms with van der Waals surface area (Å²) < 4.78 is 2.45. The second-order valence-electron chi connectivity index (χ2n) is 6.09. The number of benzene rings is 1. The molecule has 1 aromatic heterocycles. The van der Waals surface area contributed by atoms with Crippen molar-refractivity contribution in [2.75, 3.05) is 5.32 Å². The third kappa shape index (κ3) is 3.47. The van der Waals surface area contributed by atoms with Crippen LogP contribution in [0.15, 0.2) is 23.0 Å². The van der Waals surface area contributed by atoms with Gasteiger partial charge in [-0.25, -0.2) is 9.78 Å². The molecule has 3 rings (SSSR count). The zero-order valence-corrected chi connectivity index (χ0v) is 15.4. The van der Waals surface area contributed by atoms with Gasteiger partial charge >= 0.3 is 6.09 Å². The van der Waals surface area contributed by atoms with Gasteiger partial charge in [0, 0.05) is 22.7 Å². The fourth-order valence-electron chi connectivity index (χ4n) is 3.20. The molecule has 1 aliphatic carbocycles. The van der Waals surface area contributed by atoms with Crippen LogP contribution in [0.4, 0.5) is 10.7 Å². The van der Waals surface area contributed by atoms with Gasteiger partial charge in [0.05, 0.1) is 10.9 Å². The Bertz CT molecular complexity index is 836. The number of fused-ring (bicyclic) bond motifs is 1. The second-order valence-corrected chi connectivity index (χ2v) is 7.25. The first-order valence-electron chi connectivity index (χ1n) is 7.87. The van der Waals surface area contributed by atoms with Crippen LogP contribution in [0.2, 0.25) is 0 Å². The van der Waals surface area contributed by atoms with Crippen molar-refractivity contribution in [2.24, 2.45) is 7.05 Å². The van der Waals surface area contributed by atoms with E-state index in [0.717, 1.165) is 22.8 Å². The number of aromatic nitrogens is 2. The third-order valence-corrected chi connectivity index (χ3v) is 5.26. The van der Waals surface area contributed by atoms with E-state index in [1.54, 1.807) is 13.1 Å². The van der Waals surface area contributed by atoms with E-state index in [1.807, 2.05) is 12.1 Å². The summed E-state index contributed by atoms with van der Waals surface area (Å²) in [5, 5.41) is 15.4. The van der Waals surface area contributed by atoms with Crippen LogP contribution in [0, 0.1) is 3.57 Å². The Morgan fingerprint density at radius 3 is 2.88 bits per heavy atom. The highest BCUT2D eigenvalue weighted by Crippen LogP contribution is 2.23. The topological polar surface area (TPSA) is 96.2 Å². The molecular weight excluding hydrogens is 423 g/mol. The Morgan fingerprint density at radius 1 is 1.38 bits per heavy atom. The lowest BCUT2D eigenvalue weighted by molar-refractivity contribution is 0.185. The summed E-state index contributed by atoms with van der Waals surface area (Å²) >= 11 is 2.18. The molecule has 1 aromatic carbocycles. The van der Waals surface area contributed by atoms with E-state index >= 15 is 0 Å². The highest BCUT2D eigenvalue weighted by molar-refractivity contribution is 14.1. The van der Waals surface area contributed by atoms with Gasteiger partial charge < -0.3 is 15.7 Å². The smallest absolute Gasteiger partial charge is 0.404 e. The summed E-state index contributed by atoms with van der Waals surface area (Å²) in [4.78, 5) is 28.0. The van der Waals surface area contributed by atoms with Crippen LogP contribution in [0.5, 0.6) is 0 Å². The number of amides is 1.